The largest absolute Gasteiger partial charge is 0.497 e. The quantitative estimate of drug-likeness (QED) is 0.672. The fourth-order valence-corrected chi connectivity index (χ4v) is 6.07. The summed E-state index contributed by atoms with van der Waals surface area (Å²) in [6, 6.07) is 12.9. The van der Waals surface area contributed by atoms with Gasteiger partial charge in [-0.05, 0) is 73.6 Å². The molecule has 1 atom stereocenters. The highest BCUT2D eigenvalue weighted by Gasteiger charge is 2.32. The first kappa shape index (κ1) is 23.7. The molecule has 1 aliphatic carbocycles. The summed E-state index contributed by atoms with van der Waals surface area (Å²) in [5.41, 5.74) is 3.44. The maximum atomic E-state index is 13.2. The van der Waals surface area contributed by atoms with Gasteiger partial charge in [0.25, 0.3) is 0 Å². The first-order chi connectivity index (χ1) is 15.9. The van der Waals surface area contributed by atoms with Crippen LogP contribution >= 0.6 is 0 Å². The number of hydrogen-bond donors (Lipinski definition) is 1. The van der Waals surface area contributed by atoms with E-state index in [0.717, 1.165) is 30.6 Å². The molecule has 1 heterocycles. The van der Waals surface area contributed by atoms with Gasteiger partial charge in [0.05, 0.1) is 18.0 Å². The number of rotatable bonds is 7. The van der Waals surface area contributed by atoms with E-state index in [1.807, 2.05) is 48.2 Å². The van der Waals surface area contributed by atoms with Gasteiger partial charge in [0, 0.05) is 32.7 Å². The van der Waals surface area contributed by atoms with Crippen molar-refractivity contribution >= 4 is 15.9 Å². The summed E-state index contributed by atoms with van der Waals surface area (Å²) >= 11 is 0. The van der Waals surface area contributed by atoms with Crippen LogP contribution in [0.3, 0.4) is 0 Å². The van der Waals surface area contributed by atoms with E-state index in [4.69, 9.17) is 4.74 Å². The third-order valence-electron chi connectivity index (χ3n) is 6.78. The molecule has 178 valence electrons. The van der Waals surface area contributed by atoms with Gasteiger partial charge < -0.3 is 10.1 Å². The number of carbonyl (C=O) groups is 1. The predicted octanol–water partition coefficient (Wildman–Crippen LogP) is 2.59. The molecule has 1 unspecified atom stereocenters. The van der Waals surface area contributed by atoms with Crippen molar-refractivity contribution in [1.82, 2.24) is 14.5 Å². The second-order valence-electron chi connectivity index (χ2n) is 8.82. The van der Waals surface area contributed by atoms with Gasteiger partial charge in [-0.15, -0.1) is 0 Å². The summed E-state index contributed by atoms with van der Waals surface area (Å²) in [7, 11) is -1.90. The predicted molar refractivity (Wildman–Crippen MR) is 128 cm³/mol. The molecule has 1 fully saturated rings. The van der Waals surface area contributed by atoms with Crippen LogP contribution in [0.5, 0.6) is 5.75 Å². The molecule has 0 radical (unpaired) electrons. The number of hydrogen-bond acceptors (Lipinski definition) is 5. The van der Waals surface area contributed by atoms with E-state index in [2.05, 4.69) is 5.32 Å². The minimum Gasteiger partial charge on any atom is -0.497 e. The zero-order chi connectivity index (χ0) is 23.4. The van der Waals surface area contributed by atoms with Crippen molar-refractivity contribution in [2.24, 2.45) is 0 Å². The van der Waals surface area contributed by atoms with Gasteiger partial charge in [0.2, 0.25) is 15.9 Å². The summed E-state index contributed by atoms with van der Waals surface area (Å²) in [6.07, 6.45) is 4.28. The number of aryl methyl sites for hydroxylation is 2. The summed E-state index contributed by atoms with van der Waals surface area (Å²) in [5, 5.41) is 2.98. The third kappa shape index (κ3) is 5.39. The maximum absolute atomic E-state index is 13.2. The smallest absolute Gasteiger partial charge is 0.243 e. The van der Waals surface area contributed by atoms with Crippen molar-refractivity contribution in [3.05, 3.63) is 59.2 Å². The molecule has 1 aliphatic heterocycles. The highest BCUT2D eigenvalue weighted by atomic mass is 32.2. The summed E-state index contributed by atoms with van der Waals surface area (Å²) in [5.74, 6) is 0.721. The van der Waals surface area contributed by atoms with Crippen molar-refractivity contribution in [3.8, 4) is 5.75 Å². The zero-order valence-electron chi connectivity index (χ0n) is 19.4. The van der Waals surface area contributed by atoms with Crippen LogP contribution in [-0.2, 0) is 34.2 Å². The minimum atomic E-state index is -3.52. The molecule has 0 bridgehead atoms. The zero-order valence-corrected chi connectivity index (χ0v) is 20.2. The average Bonchev–Trinajstić information content (AvgIpc) is 2.86. The van der Waals surface area contributed by atoms with Gasteiger partial charge in [-0.3, -0.25) is 9.69 Å². The topological polar surface area (TPSA) is 79.0 Å². The molecule has 0 saturated carbocycles. The number of amides is 1. The van der Waals surface area contributed by atoms with E-state index >= 15 is 0 Å². The first-order valence-corrected chi connectivity index (χ1v) is 13.1. The lowest BCUT2D eigenvalue weighted by Gasteiger charge is -2.36. The van der Waals surface area contributed by atoms with Crippen molar-refractivity contribution in [2.75, 3.05) is 33.3 Å². The van der Waals surface area contributed by atoms with E-state index in [-0.39, 0.29) is 11.9 Å². The average molecular weight is 472 g/mol. The lowest BCUT2D eigenvalue weighted by molar-refractivity contribution is -0.126. The molecule has 7 nitrogen and oxygen atoms in total. The molecule has 2 aromatic rings. The number of sulfonamides is 1. The molecule has 1 amide bonds. The Balaban J connectivity index is 1.31. The fraction of sp³-hybridized carbons (Fsp3) is 0.480. The van der Waals surface area contributed by atoms with Crippen LogP contribution in [0.2, 0.25) is 0 Å². The Morgan fingerprint density at radius 3 is 2.33 bits per heavy atom. The van der Waals surface area contributed by atoms with Gasteiger partial charge in [-0.2, -0.15) is 4.31 Å². The number of benzene rings is 2. The minimum absolute atomic E-state index is 0.0585. The molecule has 4 rings (SSSR count). The number of nitrogens with one attached hydrogen (secondary N) is 1. The molecular formula is C25H33N3O4S. The van der Waals surface area contributed by atoms with Crippen molar-refractivity contribution in [3.63, 3.8) is 0 Å². The van der Waals surface area contributed by atoms with Gasteiger partial charge in [-0.25, -0.2) is 8.42 Å². The number of piperazine rings is 1. The molecule has 1 N–H and O–H groups in total. The summed E-state index contributed by atoms with van der Waals surface area (Å²) < 4.78 is 33.1. The Bertz CT molecular complexity index is 1080. The Morgan fingerprint density at radius 1 is 1.00 bits per heavy atom. The molecule has 33 heavy (non-hydrogen) atoms. The number of nitrogens with zero attached hydrogens (tertiary/aromatic N) is 2. The molecule has 1 saturated heterocycles. The normalized spacial score (nSPS) is 18.4. The van der Waals surface area contributed by atoms with E-state index in [1.54, 1.807) is 17.5 Å². The number of ether oxygens (including phenoxy) is 1. The number of fused-ring (bicyclic) bond motifs is 1. The highest BCUT2D eigenvalue weighted by molar-refractivity contribution is 7.89. The monoisotopic (exact) mass is 471 g/mol. The van der Waals surface area contributed by atoms with Crippen LogP contribution in [0.25, 0.3) is 0 Å². The van der Waals surface area contributed by atoms with Crippen molar-refractivity contribution in [1.29, 1.82) is 0 Å². The van der Waals surface area contributed by atoms with Crippen molar-refractivity contribution < 1.29 is 17.9 Å². The highest BCUT2D eigenvalue weighted by Crippen LogP contribution is 2.26. The molecule has 2 aliphatic rings. The van der Waals surface area contributed by atoms with E-state index in [1.165, 1.54) is 17.5 Å². The fourth-order valence-electron chi connectivity index (χ4n) is 4.60. The molecule has 0 spiro atoms. The van der Waals surface area contributed by atoms with E-state index in [9.17, 15) is 13.2 Å². The maximum Gasteiger partial charge on any atom is 0.243 e. The number of methoxy groups -OCH3 is 1. The second-order valence-corrected chi connectivity index (χ2v) is 10.8. The first-order valence-electron chi connectivity index (χ1n) is 11.6. The van der Waals surface area contributed by atoms with Gasteiger partial charge in [0.15, 0.2) is 0 Å². The van der Waals surface area contributed by atoms with Gasteiger partial charge in [-0.1, -0.05) is 18.2 Å². The van der Waals surface area contributed by atoms with Crippen LogP contribution in [0, 0.1) is 0 Å². The standard InChI is InChI=1S/C25H33N3O4S/c1-19(25(29)26-18-20-7-10-23(32-2)11-8-20)27-13-15-28(16-14-27)33(30,31)24-12-9-21-5-3-4-6-22(21)17-24/h7-12,17,19H,3-6,13-16,18H2,1-2H3,(H,26,29). The van der Waals surface area contributed by atoms with E-state index in [0.29, 0.717) is 37.6 Å². The second kappa shape index (κ2) is 10.2. The van der Waals surface area contributed by atoms with Crippen LogP contribution in [0.1, 0.15) is 36.5 Å². The SMILES string of the molecule is COc1ccc(CNC(=O)C(C)N2CCN(S(=O)(=O)c3ccc4c(c3)CCCC4)CC2)cc1. The van der Waals surface area contributed by atoms with Crippen LogP contribution in [0.4, 0.5) is 0 Å². The lowest BCUT2D eigenvalue weighted by Crippen LogP contribution is -2.54. The van der Waals surface area contributed by atoms with Crippen LogP contribution in [-0.4, -0.2) is 62.9 Å². The molecular weight excluding hydrogens is 438 g/mol. The van der Waals surface area contributed by atoms with Crippen LogP contribution in [0.15, 0.2) is 47.4 Å². The molecule has 8 heteroatoms. The summed E-state index contributed by atoms with van der Waals surface area (Å²) in [6.45, 7) is 4.14. The van der Waals surface area contributed by atoms with Crippen molar-refractivity contribution in [2.45, 2.75) is 50.1 Å². The Kier molecular flexibility index (Phi) is 7.36. The Morgan fingerprint density at radius 2 is 1.67 bits per heavy atom. The van der Waals surface area contributed by atoms with Gasteiger partial charge >= 0.3 is 0 Å². The molecule has 0 aromatic heterocycles. The Hall–Kier alpha value is -2.42. The Labute approximate surface area is 196 Å². The van der Waals surface area contributed by atoms with Gasteiger partial charge in [0.1, 0.15) is 5.75 Å². The van der Waals surface area contributed by atoms with E-state index < -0.39 is 10.0 Å². The third-order valence-corrected chi connectivity index (χ3v) is 8.68. The lowest BCUT2D eigenvalue weighted by atomic mass is 9.92. The molecule has 2 aromatic carbocycles. The van der Waals surface area contributed by atoms with Crippen LogP contribution < -0.4 is 10.1 Å². The summed E-state index contributed by atoms with van der Waals surface area (Å²) in [4.78, 5) is 15.1. The number of carbonyl (C=O) groups excluding carboxylic acids is 1.